The van der Waals surface area contributed by atoms with E-state index in [0.29, 0.717) is 13.0 Å². The van der Waals surface area contributed by atoms with Crippen LogP contribution in [0.25, 0.3) is 0 Å². The molecule has 1 amide bonds. The Morgan fingerprint density at radius 3 is 2.62 bits per heavy atom. The van der Waals surface area contributed by atoms with Gasteiger partial charge in [0.2, 0.25) is 5.91 Å². The second-order valence-corrected chi connectivity index (χ2v) is 4.91. The number of carbonyl (C=O) groups excluding carboxylic acids is 1. The first-order chi connectivity index (χ1) is 7.54. The molecule has 0 saturated heterocycles. The van der Waals surface area contributed by atoms with Gasteiger partial charge in [-0.15, -0.1) is 0 Å². The van der Waals surface area contributed by atoms with Gasteiger partial charge in [0.25, 0.3) is 0 Å². The van der Waals surface area contributed by atoms with Crippen molar-refractivity contribution in [2.75, 3.05) is 12.4 Å². The van der Waals surface area contributed by atoms with Crippen molar-refractivity contribution in [1.29, 1.82) is 0 Å². The average Bonchev–Trinajstić information content (AvgIpc) is 2.22. The fraction of sp³-hybridized carbons (Fsp3) is 0.462. The summed E-state index contributed by atoms with van der Waals surface area (Å²) in [5, 5.41) is 0.725. The van der Waals surface area contributed by atoms with E-state index >= 15 is 0 Å². The van der Waals surface area contributed by atoms with Gasteiger partial charge in [0, 0.05) is 25.3 Å². The standard InChI is InChI=1S/C13H18BrNO/c1-10-4-5-12(11(2)8-10)9-15(3)13(16)6-7-14/h4-5,8H,6-7,9H2,1-3H3. The van der Waals surface area contributed by atoms with Crippen molar-refractivity contribution in [2.45, 2.75) is 26.8 Å². The zero-order valence-corrected chi connectivity index (χ0v) is 11.7. The number of hydrogen-bond donors (Lipinski definition) is 0. The highest BCUT2D eigenvalue weighted by Gasteiger charge is 2.09. The predicted octanol–water partition coefficient (Wildman–Crippen LogP) is 3.05. The second kappa shape index (κ2) is 6.04. The van der Waals surface area contributed by atoms with E-state index < -0.39 is 0 Å². The van der Waals surface area contributed by atoms with E-state index in [-0.39, 0.29) is 5.91 Å². The maximum Gasteiger partial charge on any atom is 0.223 e. The topological polar surface area (TPSA) is 20.3 Å². The number of hydrogen-bond acceptors (Lipinski definition) is 1. The number of alkyl halides is 1. The van der Waals surface area contributed by atoms with Crippen LogP contribution in [0.5, 0.6) is 0 Å². The van der Waals surface area contributed by atoms with E-state index in [4.69, 9.17) is 0 Å². The van der Waals surface area contributed by atoms with Crippen molar-refractivity contribution in [3.05, 3.63) is 34.9 Å². The van der Waals surface area contributed by atoms with E-state index in [1.807, 2.05) is 7.05 Å². The molecule has 0 fully saturated rings. The number of aryl methyl sites for hydroxylation is 2. The van der Waals surface area contributed by atoms with Crippen molar-refractivity contribution in [2.24, 2.45) is 0 Å². The van der Waals surface area contributed by atoms with Gasteiger partial charge < -0.3 is 4.90 Å². The first-order valence-corrected chi connectivity index (χ1v) is 6.53. The van der Waals surface area contributed by atoms with Gasteiger partial charge in [0.1, 0.15) is 0 Å². The Morgan fingerprint density at radius 1 is 1.38 bits per heavy atom. The molecule has 0 unspecified atom stereocenters. The summed E-state index contributed by atoms with van der Waals surface area (Å²) in [5.41, 5.74) is 3.73. The third-order valence-electron chi connectivity index (χ3n) is 2.64. The molecule has 0 aliphatic heterocycles. The van der Waals surface area contributed by atoms with Gasteiger partial charge >= 0.3 is 0 Å². The molecule has 0 aliphatic carbocycles. The van der Waals surface area contributed by atoms with Crippen LogP contribution in [0.1, 0.15) is 23.1 Å². The Labute approximate surface area is 106 Å². The van der Waals surface area contributed by atoms with Gasteiger partial charge in [-0.05, 0) is 25.0 Å². The molecular formula is C13H18BrNO. The molecule has 3 heteroatoms. The van der Waals surface area contributed by atoms with Crippen molar-refractivity contribution in [3.8, 4) is 0 Å². The minimum absolute atomic E-state index is 0.178. The molecule has 0 atom stereocenters. The third kappa shape index (κ3) is 3.63. The number of halogens is 1. The lowest BCUT2D eigenvalue weighted by Gasteiger charge is -2.18. The number of amides is 1. The Morgan fingerprint density at radius 2 is 2.06 bits per heavy atom. The quantitative estimate of drug-likeness (QED) is 0.778. The van der Waals surface area contributed by atoms with E-state index in [0.717, 1.165) is 5.33 Å². The third-order valence-corrected chi connectivity index (χ3v) is 3.04. The summed E-state index contributed by atoms with van der Waals surface area (Å²) < 4.78 is 0. The summed E-state index contributed by atoms with van der Waals surface area (Å²) in [7, 11) is 1.85. The van der Waals surface area contributed by atoms with Crippen LogP contribution in [-0.2, 0) is 11.3 Å². The zero-order chi connectivity index (χ0) is 12.1. The fourth-order valence-corrected chi connectivity index (χ4v) is 1.98. The van der Waals surface area contributed by atoms with Gasteiger partial charge in [-0.3, -0.25) is 4.79 Å². The van der Waals surface area contributed by atoms with E-state index in [1.54, 1.807) is 4.90 Å². The number of rotatable bonds is 4. The molecule has 88 valence electrons. The molecule has 0 radical (unpaired) electrons. The van der Waals surface area contributed by atoms with Crippen molar-refractivity contribution in [1.82, 2.24) is 4.90 Å². The highest BCUT2D eigenvalue weighted by atomic mass is 79.9. The van der Waals surface area contributed by atoms with E-state index in [9.17, 15) is 4.79 Å². The first kappa shape index (κ1) is 13.2. The van der Waals surface area contributed by atoms with Crippen molar-refractivity contribution in [3.63, 3.8) is 0 Å². The van der Waals surface area contributed by atoms with Gasteiger partial charge in [-0.25, -0.2) is 0 Å². The molecule has 0 bridgehead atoms. The lowest BCUT2D eigenvalue weighted by atomic mass is 10.1. The molecule has 0 spiro atoms. The lowest BCUT2D eigenvalue weighted by molar-refractivity contribution is -0.129. The van der Waals surface area contributed by atoms with Gasteiger partial charge in [-0.2, -0.15) is 0 Å². The Balaban J connectivity index is 2.69. The Kier molecular flexibility index (Phi) is 5.00. The highest BCUT2D eigenvalue weighted by molar-refractivity contribution is 9.09. The molecule has 2 nitrogen and oxygen atoms in total. The summed E-state index contributed by atoms with van der Waals surface area (Å²) >= 11 is 3.28. The Hall–Kier alpha value is -0.830. The van der Waals surface area contributed by atoms with Crippen molar-refractivity contribution >= 4 is 21.8 Å². The summed E-state index contributed by atoms with van der Waals surface area (Å²) in [6, 6.07) is 6.34. The monoisotopic (exact) mass is 283 g/mol. The molecule has 1 rings (SSSR count). The zero-order valence-electron chi connectivity index (χ0n) is 10.1. The van der Waals surface area contributed by atoms with Crippen LogP contribution < -0.4 is 0 Å². The van der Waals surface area contributed by atoms with Gasteiger partial charge in [-0.1, -0.05) is 39.7 Å². The number of carbonyl (C=O) groups is 1. The minimum atomic E-state index is 0.178. The fourth-order valence-electron chi connectivity index (χ4n) is 1.64. The first-order valence-electron chi connectivity index (χ1n) is 5.40. The maximum atomic E-state index is 11.6. The van der Waals surface area contributed by atoms with Gasteiger partial charge in [0.15, 0.2) is 0 Å². The van der Waals surface area contributed by atoms with Crippen LogP contribution in [-0.4, -0.2) is 23.2 Å². The molecule has 0 N–H and O–H groups in total. The largest absolute Gasteiger partial charge is 0.341 e. The molecular weight excluding hydrogens is 266 g/mol. The van der Waals surface area contributed by atoms with Crippen LogP contribution in [0, 0.1) is 13.8 Å². The molecule has 1 aromatic rings. The smallest absolute Gasteiger partial charge is 0.223 e. The molecule has 0 saturated carbocycles. The molecule has 16 heavy (non-hydrogen) atoms. The minimum Gasteiger partial charge on any atom is -0.341 e. The normalized spacial score (nSPS) is 10.2. The van der Waals surface area contributed by atoms with Crippen LogP contribution in [0.3, 0.4) is 0 Å². The highest BCUT2D eigenvalue weighted by Crippen LogP contribution is 2.13. The van der Waals surface area contributed by atoms with E-state index in [2.05, 4.69) is 48.0 Å². The van der Waals surface area contributed by atoms with Gasteiger partial charge in [0.05, 0.1) is 0 Å². The maximum absolute atomic E-state index is 11.6. The SMILES string of the molecule is Cc1ccc(CN(C)C(=O)CCBr)c(C)c1. The van der Waals surface area contributed by atoms with Crippen LogP contribution in [0.4, 0.5) is 0 Å². The Bertz CT molecular complexity index is 376. The summed E-state index contributed by atoms with van der Waals surface area (Å²) in [5.74, 6) is 0.178. The van der Waals surface area contributed by atoms with Crippen molar-refractivity contribution < 1.29 is 4.79 Å². The molecule has 0 heterocycles. The number of benzene rings is 1. The summed E-state index contributed by atoms with van der Waals surface area (Å²) in [6.07, 6.45) is 0.557. The van der Waals surface area contributed by atoms with Crippen LogP contribution >= 0.6 is 15.9 Å². The van der Waals surface area contributed by atoms with Crippen LogP contribution in [0.2, 0.25) is 0 Å². The molecule has 0 aromatic heterocycles. The number of nitrogens with zero attached hydrogens (tertiary/aromatic N) is 1. The summed E-state index contributed by atoms with van der Waals surface area (Å²) in [6.45, 7) is 4.86. The predicted molar refractivity (Wildman–Crippen MR) is 70.8 cm³/mol. The average molecular weight is 284 g/mol. The molecule has 0 aliphatic rings. The second-order valence-electron chi connectivity index (χ2n) is 4.12. The summed E-state index contributed by atoms with van der Waals surface area (Å²) in [4.78, 5) is 13.4. The molecule has 1 aromatic carbocycles. The van der Waals surface area contributed by atoms with Crippen LogP contribution in [0.15, 0.2) is 18.2 Å². The lowest BCUT2D eigenvalue weighted by Crippen LogP contribution is -2.26. The van der Waals surface area contributed by atoms with E-state index in [1.165, 1.54) is 16.7 Å².